The summed E-state index contributed by atoms with van der Waals surface area (Å²) in [6, 6.07) is 8.45. The number of alkyl carbamates (subject to hydrolysis) is 1. The first-order chi connectivity index (χ1) is 20.4. The maximum atomic E-state index is 13.7. The van der Waals surface area contributed by atoms with Crippen LogP contribution in [0.2, 0.25) is 0 Å². The molecular weight excluding hydrogens is 572 g/mol. The van der Waals surface area contributed by atoms with Gasteiger partial charge in [0.05, 0.1) is 6.61 Å². The van der Waals surface area contributed by atoms with E-state index in [-0.39, 0.29) is 24.5 Å². The zero-order valence-electron chi connectivity index (χ0n) is 25.5. The molecule has 4 rings (SSSR count). The SMILES string of the molecule is CC(C)(C)OC(=O)N[C@H]1CCCCCC=C[C@@H]2C[C@@]2(C(=O)NS(=O)(=O)OCCc2ccccc2)NC[C@@H]2CCCN2C1=O. The van der Waals surface area contributed by atoms with Gasteiger partial charge in [0.1, 0.15) is 17.2 Å². The number of amides is 3. The summed E-state index contributed by atoms with van der Waals surface area (Å²) in [5.41, 5.74) is -0.870. The second-order valence-corrected chi connectivity index (χ2v) is 14.0. The molecule has 2 heterocycles. The Bertz CT molecular complexity index is 1260. The van der Waals surface area contributed by atoms with E-state index in [2.05, 4.69) is 15.4 Å². The van der Waals surface area contributed by atoms with E-state index in [4.69, 9.17) is 8.92 Å². The summed E-state index contributed by atoms with van der Waals surface area (Å²) in [6.45, 7) is 6.11. The molecule has 3 N–H and O–H groups in total. The lowest BCUT2D eigenvalue weighted by Gasteiger charge is -2.31. The zero-order valence-corrected chi connectivity index (χ0v) is 26.3. The van der Waals surface area contributed by atoms with E-state index < -0.39 is 39.5 Å². The van der Waals surface area contributed by atoms with Gasteiger partial charge < -0.3 is 20.3 Å². The lowest BCUT2D eigenvalue weighted by Crippen LogP contribution is -2.56. The van der Waals surface area contributed by atoms with Gasteiger partial charge in [-0.3, -0.25) is 13.8 Å². The lowest BCUT2D eigenvalue weighted by atomic mass is 10.1. The number of rotatable bonds is 7. The molecule has 12 heteroatoms. The Morgan fingerprint density at radius 1 is 1.09 bits per heavy atom. The molecule has 2 fully saturated rings. The largest absolute Gasteiger partial charge is 0.444 e. The molecule has 11 nitrogen and oxygen atoms in total. The molecule has 2 aliphatic heterocycles. The Morgan fingerprint density at radius 2 is 1.86 bits per heavy atom. The van der Waals surface area contributed by atoms with Gasteiger partial charge in [0, 0.05) is 25.0 Å². The Morgan fingerprint density at radius 3 is 2.60 bits per heavy atom. The van der Waals surface area contributed by atoms with E-state index in [1.807, 2.05) is 42.5 Å². The molecular formula is C31H46N4O7S. The van der Waals surface area contributed by atoms with Gasteiger partial charge >= 0.3 is 16.4 Å². The van der Waals surface area contributed by atoms with Crippen LogP contribution in [0.1, 0.15) is 77.7 Å². The number of benzene rings is 1. The highest BCUT2D eigenvalue weighted by Crippen LogP contribution is 2.45. The minimum absolute atomic E-state index is 0.0893. The predicted molar refractivity (Wildman–Crippen MR) is 162 cm³/mol. The number of allylic oxidation sites excluding steroid dienone is 1. The Hall–Kier alpha value is -2.96. The minimum Gasteiger partial charge on any atom is -0.444 e. The van der Waals surface area contributed by atoms with Gasteiger partial charge in [-0.2, -0.15) is 8.42 Å². The second kappa shape index (κ2) is 14.2. The fraction of sp³-hybridized carbons (Fsp3) is 0.645. The average molecular weight is 619 g/mol. The van der Waals surface area contributed by atoms with Gasteiger partial charge in [-0.25, -0.2) is 9.52 Å². The number of carbonyl (C=O) groups excluding carboxylic acids is 3. The first-order valence-corrected chi connectivity index (χ1v) is 16.8. The number of hydrogen-bond acceptors (Lipinski definition) is 8. The van der Waals surface area contributed by atoms with Crippen molar-refractivity contribution in [2.24, 2.45) is 5.92 Å². The van der Waals surface area contributed by atoms with Gasteiger partial charge in [-0.15, -0.1) is 0 Å². The lowest BCUT2D eigenvalue weighted by molar-refractivity contribution is -0.134. The summed E-state index contributed by atoms with van der Waals surface area (Å²) < 4.78 is 38.0. The van der Waals surface area contributed by atoms with Crippen molar-refractivity contribution in [1.29, 1.82) is 0 Å². The van der Waals surface area contributed by atoms with Crippen molar-refractivity contribution in [2.45, 2.75) is 102 Å². The average Bonchev–Trinajstić information content (AvgIpc) is 3.44. The Labute approximate surface area is 255 Å². The molecule has 0 radical (unpaired) electrons. The summed E-state index contributed by atoms with van der Waals surface area (Å²) in [5, 5.41) is 6.13. The van der Waals surface area contributed by atoms with Crippen LogP contribution in [0, 0.1) is 5.92 Å². The molecule has 43 heavy (non-hydrogen) atoms. The van der Waals surface area contributed by atoms with Gasteiger partial charge in [0.15, 0.2) is 0 Å². The molecule has 1 aromatic rings. The highest BCUT2D eigenvalue weighted by atomic mass is 32.2. The summed E-state index contributed by atoms with van der Waals surface area (Å²) in [7, 11) is -4.32. The molecule has 1 aliphatic carbocycles. The van der Waals surface area contributed by atoms with E-state index in [9.17, 15) is 22.8 Å². The molecule has 0 bridgehead atoms. The van der Waals surface area contributed by atoms with Crippen LogP contribution in [0.25, 0.3) is 0 Å². The third-order valence-electron chi connectivity index (χ3n) is 8.14. The normalized spacial score (nSPS) is 26.8. The van der Waals surface area contributed by atoms with Crippen molar-refractivity contribution in [2.75, 3.05) is 19.7 Å². The topological polar surface area (TPSA) is 143 Å². The fourth-order valence-corrected chi connectivity index (χ4v) is 6.58. The highest BCUT2D eigenvalue weighted by molar-refractivity contribution is 7.85. The minimum atomic E-state index is -4.32. The molecule has 1 saturated carbocycles. The number of ether oxygens (including phenoxy) is 1. The molecule has 1 aromatic carbocycles. The molecule has 0 spiro atoms. The Kier molecular flexibility index (Phi) is 10.9. The van der Waals surface area contributed by atoms with Crippen LogP contribution in [-0.4, -0.2) is 74.1 Å². The number of hydrogen-bond donors (Lipinski definition) is 3. The second-order valence-electron chi connectivity index (χ2n) is 12.7. The monoisotopic (exact) mass is 618 g/mol. The maximum Gasteiger partial charge on any atom is 0.408 e. The quantitative estimate of drug-likeness (QED) is 0.395. The summed E-state index contributed by atoms with van der Waals surface area (Å²) in [5.74, 6) is -1.00. The standard InChI is InChI=1S/C31H46N4O7S/c1-30(2,3)42-29(38)33-26-17-11-6-4-5-10-15-24-21-31(24,32-22-25-16-12-19-35(25)27(26)36)28(37)34-43(39,40)41-20-18-23-13-8-7-9-14-23/h7-10,13-15,24-26,32H,4-6,11-12,16-22H2,1-3H3,(H,33,38)(H,34,37)/t24-,25+,26+,31-/m1/s1. The predicted octanol–water partition coefficient (Wildman–Crippen LogP) is 3.36. The molecule has 3 aliphatic rings. The van der Waals surface area contributed by atoms with E-state index in [1.54, 1.807) is 25.7 Å². The molecule has 0 aromatic heterocycles. The van der Waals surface area contributed by atoms with Gasteiger partial charge in [0.2, 0.25) is 5.91 Å². The van der Waals surface area contributed by atoms with E-state index in [0.717, 1.165) is 44.1 Å². The number of nitrogens with zero attached hydrogens (tertiary/aromatic N) is 1. The molecule has 4 atom stereocenters. The fourth-order valence-electron chi connectivity index (χ4n) is 5.81. The van der Waals surface area contributed by atoms with E-state index in [1.165, 1.54) is 0 Å². The van der Waals surface area contributed by atoms with E-state index in [0.29, 0.717) is 32.4 Å². The Balaban J connectivity index is 1.43. The van der Waals surface area contributed by atoms with Crippen molar-refractivity contribution >= 4 is 28.2 Å². The van der Waals surface area contributed by atoms with E-state index >= 15 is 0 Å². The van der Waals surface area contributed by atoms with Crippen LogP contribution >= 0.6 is 0 Å². The van der Waals surface area contributed by atoms with Gasteiger partial charge in [-0.1, -0.05) is 55.3 Å². The molecule has 0 unspecified atom stereocenters. The van der Waals surface area contributed by atoms with Crippen molar-refractivity contribution in [3.63, 3.8) is 0 Å². The van der Waals surface area contributed by atoms with Crippen LogP contribution in [0.15, 0.2) is 42.5 Å². The third-order valence-corrected chi connectivity index (χ3v) is 9.06. The summed E-state index contributed by atoms with van der Waals surface area (Å²) in [4.78, 5) is 41.5. The molecule has 238 valence electrons. The first-order valence-electron chi connectivity index (χ1n) is 15.4. The zero-order chi connectivity index (χ0) is 31.1. The van der Waals surface area contributed by atoms with Crippen LogP contribution < -0.4 is 15.4 Å². The van der Waals surface area contributed by atoms with Crippen molar-refractivity contribution < 1.29 is 31.7 Å². The highest BCUT2D eigenvalue weighted by Gasteiger charge is 2.59. The summed E-state index contributed by atoms with van der Waals surface area (Å²) in [6.07, 6.45) is 9.60. The third kappa shape index (κ3) is 9.51. The number of nitrogens with one attached hydrogen (secondary N) is 3. The van der Waals surface area contributed by atoms with Gasteiger partial charge in [0.25, 0.3) is 5.91 Å². The molecule has 3 amide bonds. The first kappa shape index (κ1) is 32.9. The van der Waals surface area contributed by atoms with Crippen molar-refractivity contribution in [1.82, 2.24) is 20.3 Å². The van der Waals surface area contributed by atoms with Crippen molar-refractivity contribution in [3.8, 4) is 0 Å². The number of fused-ring (bicyclic) bond motifs is 2. The van der Waals surface area contributed by atoms with Gasteiger partial charge in [-0.05, 0) is 71.3 Å². The number of carbonyl (C=O) groups is 3. The van der Waals surface area contributed by atoms with Crippen LogP contribution in [-0.2, 0) is 35.2 Å². The maximum absolute atomic E-state index is 13.7. The van der Waals surface area contributed by atoms with Crippen molar-refractivity contribution in [3.05, 3.63) is 48.0 Å². The van der Waals surface area contributed by atoms with Crippen LogP contribution in [0.3, 0.4) is 0 Å². The smallest absolute Gasteiger partial charge is 0.408 e. The molecule has 1 saturated heterocycles. The summed E-state index contributed by atoms with van der Waals surface area (Å²) >= 11 is 0. The van der Waals surface area contributed by atoms with Crippen LogP contribution in [0.5, 0.6) is 0 Å². The van der Waals surface area contributed by atoms with Crippen LogP contribution in [0.4, 0.5) is 4.79 Å².